The Morgan fingerprint density at radius 2 is 1.73 bits per heavy atom. The average molecular weight is 467 g/mol. The van der Waals surface area contributed by atoms with Crippen molar-refractivity contribution in [2.75, 3.05) is 6.61 Å². The number of benzene rings is 2. The van der Waals surface area contributed by atoms with Gasteiger partial charge in [0.15, 0.2) is 5.82 Å². The van der Waals surface area contributed by atoms with Gasteiger partial charge in [-0.05, 0) is 98.0 Å². The molecule has 0 saturated heterocycles. The van der Waals surface area contributed by atoms with Crippen LogP contribution in [0.15, 0.2) is 55.1 Å². The van der Waals surface area contributed by atoms with E-state index in [1.807, 2.05) is 12.1 Å². The fourth-order valence-electron chi connectivity index (χ4n) is 5.45. The van der Waals surface area contributed by atoms with Crippen LogP contribution in [0.2, 0.25) is 5.02 Å². The summed E-state index contributed by atoms with van der Waals surface area (Å²) in [5, 5.41) is 0.0656. The molecule has 1 atom stereocenters. The molecule has 0 N–H and O–H groups in total. The second-order valence-electron chi connectivity index (χ2n) is 9.69. The van der Waals surface area contributed by atoms with Crippen molar-refractivity contribution < 1.29 is 9.13 Å². The average Bonchev–Trinajstić information content (AvgIpc) is 2.87. The van der Waals surface area contributed by atoms with Crippen molar-refractivity contribution in [1.29, 1.82) is 0 Å². The molecule has 2 aliphatic carbocycles. The number of allylic oxidation sites excluding steroid dienone is 3. The summed E-state index contributed by atoms with van der Waals surface area (Å²) in [6.45, 7) is 6.62. The Balaban J connectivity index is 1.40. The van der Waals surface area contributed by atoms with Crippen LogP contribution in [0.5, 0.6) is 5.75 Å². The molecule has 2 aromatic rings. The molecule has 2 aromatic carbocycles. The van der Waals surface area contributed by atoms with Crippen LogP contribution in [-0.2, 0) is 0 Å². The van der Waals surface area contributed by atoms with Gasteiger partial charge in [0.1, 0.15) is 10.8 Å². The SMILES string of the molecule is C=CC1CCC(C2CC=C(c3ccc(-c4ccc(OCCCC)c(Cl)c4F)cc3)CC2)CC1. The number of hydrogen-bond acceptors (Lipinski definition) is 1. The molecule has 1 fully saturated rings. The highest BCUT2D eigenvalue weighted by molar-refractivity contribution is 6.32. The molecule has 3 heteroatoms. The van der Waals surface area contributed by atoms with Gasteiger partial charge in [-0.2, -0.15) is 0 Å². The van der Waals surface area contributed by atoms with Gasteiger partial charge in [-0.1, -0.05) is 61.4 Å². The van der Waals surface area contributed by atoms with E-state index >= 15 is 0 Å². The maximum absolute atomic E-state index is 15.0. The molecular formula is C30H36ClFO. The first-order chi connectivity index (χ1) is 16.1. The zero-order valence-electron chi connectivity index (χ0n) is 19.8. The van der Waals surface area contributed by atoms with Gasteiger partial charge >= 0.3 is 0 Å². The lowest BCUT2D eigenvalue weighted by Crippen LogP contribution is -2.22. The third-order valence-electron chi connectivity index (χ3n) is 7.64. The van der Waals surface area contributed by atoms with Crippen LogP contribution >= 0.6 is 11.6 Å². The van der Waals surface area contributed by atoms with Gasteiger partial charge in [-0.15, -0.1) is 6.58 Å². The van der Waals surface area contributed by atoms with Gasteiger partial charge in [0.2, 0.25) is 0 Å². The maximum Gasteiger partial charge on any atom is 0.153 e. The molecule has 176 valence electrons. The molecule has 2 aliphatic rings. The molecule has 1 saturated carbocycles. The Hall–Kier alpha value is -2.06. The van der Waals surface area contributed by atoms with E-state index in [0.29, 0.717) is 17.9 Å². The van der Waals surface area contributed by atoms with Crippen molar-refractivity contribution in [3.63, 3.8) is 0 Å². The van der Waals surface area contributed by atoms with Crippen molar-refractivity contribution >= 4 is 17.2 Å². The maximum atomic E-state index is 15.0. The van der Waals surface area contributed by atoms with Gasteiger partial charge in [0.25, 0.3) is 0 Å². The fourth-order valence-corrected chi connectivity index (χ4v) is 5.67. The molecule has 1 unspecified atom stereocenters. The molecule has 1 nitrogen and oxygen atoms in total. The minimum absolute atomic E-state index is 0.0656. The lowest BCUT2D eigenvalue weighted by Gasteiger charge is -2.34. The highest BCUT2D eigenvalue weighted by Crippen LogP contribution is 2.42. The topological polar surface area (TPSA) is 9.23 Å². The largest absolute Gasteiger partial charge is 0.492 e. The smallest absolute Gasteiger partial charge is 0.153 e. The lowest BCUT2D eigenvalue weighted by molar-refractivity contribution is 0.212. The third-order valence-corrected chi connectivity index (χ3v) is 7.99. The van der Waals surface area contributed by atoms with Gasteiger partial charge in [0, 0.05) is 5.56 Å². The standard InChI is InChI=1S/C30H36ClFO/c1-3-5-20-33-28-19-18-27(30(32)29(28)31)26-16-14-25(15-17-26)24-12-10-23(11-13-24)22-8-6-21(4-2)7-9-22/h4,12,14-19,21-23H,2-3,5-11,13,20H2,1H3. The van der Waals surface area contributed by atoms with Crippen LogP contribution in [-0.4, -0.2) is 6.61 Å². The third kappa shape index (κ3) is 5.72. The molecule has 0 radical (unpaired) electrons. The van der Waals surface area contributed by atoms with Crippen molar-refractivity contribution in [2.45, 2.75) is 64.7 Å². The zero-order valence-corrected chi connectivity index (χ0v) is 20.5. The lowest BCUT2D eigenvalue weighted by atomic mass is 9.71. The van der Waals surface area contributed by atoms with E-state index in [2.05, 4.69) is 37.8 Å². The van der Waals surface area contributed by atoms with E-state index in [4.69, 9.17) is 16.3 Å². The van der Waals surface area contributed by atoms with Gasteiger partial charge < -0.3 is 4.74 Å². The van der Waals surface area contributed by atoms with Crippen molar-refractivity contribution in [2.24, 2.45) is 17.8 Å². The van der Waals surface area contributed by atoms with Gasteiger partial charge in [0.05, 0.1) is 6.61 Å². The van der Waals surface area contributed by atoms with Crippen LogP contribution in [0.1, 0.15) is 70.3 Å². The summed E-state index contributed by atoms with van der Waals surface area (Å²) in [4.78, 5) is 0. The fraction of sp³-hybridized carbons (Fsp3) is 0.467. The van der Waals surface area contributed by atoms with E-state index in [9.17, 15) is 4.39 Å². The van der Waals surface area contributed by atoms with Gasteiger partial charge in [-0.25, -0.2) is 4.39 Å². The number of rotatable bonds is 8. The molecule has 33 heavy (non-hydrogen) atoms. The first-order valence-corrected chi connectivity index (χ1v) is 13.0. The minimum Gasteiger partial charge on any atom is -0.492 e. The normalized spacial score (nSPS) is 23.1. The Morgan fingerprint density at radius 3 is 2.36 bits per heavy atom. The molecule has 0 heterocycles. The number of hydrogen-bond donors (Lipinski definition) is 0. The summed E-state index contributed by atoms with van der Waals surface area (Å²) < 4.78 is 20.6. The second-order valence-corrected chi connectivity index (χ2v) is 10.1. The molecular weight excluding hydrogens is 431 g/mol. The van der Waals surface area contributed by atoms with Crippen molar-refractivity contribution in [3.8, 4) is 16.9 Å². The second kappa shape index (κ2) is 11.4. The monoisotopic (exact) mass is 466 g/mol. The van der Waals surface area contributed by atoms with E-state index in [1.165, 1.54) is 49.7 Å². The quantitative estimate of drug-likeness (QED) is 0.278. The van der Waals surface area contributed by atoms with E-state index in [-0.39, 0.29) is 5.02 Å². The van der Waals surface area contributed by atoms with E-state index in [0.717, 1.165) is 42.6 Å². The summed E-state index contributed by atoms with van der Waals surface area (Å²) in [6.07, 6.45) is 15.5. The van der Waals surface area contributed by atoms with Crippen LogP contribution in [0.3, 0.4) is 0 Å². The highest BCUT2D eigenvalue weighted by atomic mass is 35.5. The molecule has 4 rings (SSSR count). The summed E-state index contributed by atoms with van der Waals surface area (Å²) in [7, 11) is 0. The molecule has 0 aliphatic heterocycles. The first kappa shape index (κ1) is 24.1. The Labute approximate surface area is 203 Å². The molecule has 0 bridgehead atoms. The van der Waals surface area contributed by atoms with Crippen LogP contribution in [0.25, 0.3) is 16.7 Å². The zero-order chi connectivity index (χ0) is 23.2. The summed E-state index contributed by atoms with van der Waals surface area (Å²) in [5.41, 5.74) is 4.03. The Bertz CT molecular complexity index is 970. The number of halogens is 2. The molecule has 0 amide bonds. The van der Waals surface area contributed by atoms with Crippen LogP contribution < -0.4 is 4.74 Å². The molecule has 0 spiro atoms. The predicted molar refractivity (Wildman–Crippen MR) is 138 cm³/mol. The van der Waals surface area contributed by atoms with Crippen LogP contribution in [0.4, 0.5) is 4.39 Å². The predicted octanol–water partition coefficient (Wildman–Crippen LogP) is 9.50. The summed E-state index contributed by atoms with van der Waals surface area (Å²) in [6, 6.07) is 11.8. The summed E-state index contributed by atoms with van der Waals surface area (Å²) in [5.74, 6) is 2.45. The van der Waals surface area contributed by atoms with Gasteiger partial charge in [-0.3, -0.25) is 0 Å². The number of unbranched alkanes of at least 4 members (excludes halogenated alkanes) is 1. The highest BCUT2D eigenvalue weighted by Gasteiger charge is 2.28. The van der Waals surface area contributed by atoms with Crippen molar-refractivity contribution in [3.05, 3.63) is 71.5 Å². The Kier molecular flexibility index (Phi) is 8.30. The van der Waals surface area contributed by atoms with Crippen molar-refractivity contribution in [1.82, 2.24) is 0 Å². The minimum atomic E-state index is -0.413. The Morgan fingerprint density at radius 1 is 1.00 bits per heavy atom. The molecule has 0 aromatic heterocycles. The first-order valence-electron chi connectivity index (χ1n) is 12.6. The number of ether oxygens (including phenoxy) is 1. The summed E-state index contributed by atoms with van der Waals surface area (Å²) >= 11 is 6.26. The van der Waals surface area contributed by atoms with Crippen LogP contribution in [0, 0.1) is 23.6 Å². The van der Waals surface area contributed by atoms with E-state index < -0.39 is 5.82 Å². The van der Waals surface area contributed by atoms with E-state index in [1.54, 1.807) is 12.1 Å².